The fourth-order valence-electron chi connectivity index (χ4n) is 9.37. The minimum Gasteiger partial charge on any atom is -0.462 e. The lowest BCUT2D eigenvalue weighted by atomic mass is 10.1. The standard InChI is InChI=1S/C83H134O17P2/c1-5-9-13-17-21-25-29-33-35-37-38-40-41-45-48-52-56-60-64-68-81(86)94-74-79(100-83(88)70-66-62-58-54-50-46-42-39-36-34-30-26-22-18-14-10-6-2)76-98-102(91,92)96-72-77(84)71-95-101(89,90)97-75-78(99-82(87)69-65-61-57-53-49-44-32-28-24-20-16-12-8-4)73-93-80(85)67-63-59-55-51-47-43-31-27-23-19-15-11-7-3/h9-10,13-16,19-22,25-28,31-36,38,40,42,45-46,48,56,60,77-79,84H,5-8,11-12,17-18,23-24,29-30,37,39,41,43-44,47,49-55,57-59,61-76H2,1-4H3,(H,89,90)(H,91,92)/b13-9-,14-10-,19-15-,20-16-,25-21-,26-22-,31-27-,32-28-,35-33-,36-34-,40-38-,46-42-,48-45-,60-56-. The zero-order chi connectivity index (χ0) is 74.6. The van der Waals surface area contributed by atoms with Crippen LogP contribution in [-0.4, -0.2) is 96.7 Å². The summed E-state index contributed by atoms with van der Waals surface area (Å²) in [4.78, 5) is 72.9. The highest BCUT2D eigenvalue weighted by atomic mass is 31.2. The van der Waals surface area contributed by atoms with E-state index in [2.05, 4.69) is 180 Å². The Hall–Kier alpha value is -5.58. The molecule has 0 amide bonds. The Bertz CT molecular complexity index is 2600. The van der Waals surface area contributed by atoms with Crippen LogP contribution in [0.2, 0.25) is 0 Å². The van der Waals surface area contributed by atoms with Gasteiger partial charge < -0.3 is 33.8 Å². The smallest absolute Gasteiger partial charge is 0.462 e. The Morgan fingerprint density at radius 2 is 0.529 bits per heavy atom. The van der Waals surface area contributed by atoms with Crippen LogP contribution in [0.5, 0.6) is 0 Å². The Balaban J connectivity index is 5.48. The van der Waals surface area contributed by atoms with E-state index in [1.807, 2.05) is 18.2 Å². The van der Waals surface area contributed by atoms with Crippen LogP contribution >= 0.6 is 15.6 Å². The lowest BCUT2D eigenvalue weighted by Gasteiger charge is -2.21. The van der Waals surface area contributed by atoms with Gasteiger partial charge in [0.1, 0.15) is 19.3 Å². The third-order valence-electron chi connectivity index (χ3n) is 15.1. The van der Waals surface area contributed by atoms with Crippen molar-refractivity contribution in [3.05, 3.63) is 170 Å². The third kappa shape index (κ3) is 72.8. The van der Waals surface area contributed by atoms with E-state index in [1.54, 1.807) is 0 Å². The van der Waals surface area contributed by atoms with E-state index in [1.165, 1.54) is 0 Å². The van der Waals surface area contributed by atoms with Crippen molar-refractivity contribution in [3.8, 4) is 0 Å². The van der Waals surface area contributed by atoms with Crippen molar-refractivity contribution in [1.82, 2.24) is 0 Å². The molecular weight excluding hydrogens is 1330 g/mol. The fraction of sp³-hybridized carbons (Fsp3) is 0.614. The number of aliphatic hydroxyl groups excluding tert-OH is 1. The second kappa shape index (κ2) is 73.7. The van der Waals surface area contributed by atoms with Crippen LogP contribution in [0.25, 0.3) is 0 Å². The Morgan fingerprint density at radius 1 is 0.284 bits per heavy atom. The molecule has 5 unspecified atom stereocenters. The molecule has 0 spiro atoms. The molecule has 3 N–H and O–H groups in total. The summed E-state index contributed by atoms with van der Waals surface area (Å²) < 4.78 is 68.4. The van der Waals surface area contributed by atoms with Gasteiger partial charge in [0.25, 0.3) is 0 Å². The van der Waals surface area contributed by atoms with E-state index in [0.717, 1.165) is 186 Å². The van der Waals surface area contributed by atoms with Crippen molar-refractivity contribution < 1.29 is 80.2 Å². The van der Waals surface area contributed by atoms with Gasteiger partial charge in [0.2, 0.25) is 0 Å². The normalized spacial score (nSPS) is 14.9. The number of unbranched alkanes of at least 4 members (excludes halogenated alkanes) is 16. The van der Waals surface area contributed by atoms with Crippen molar-refractivity contribution in [2.24, 2.45) is 0 Å². The average Bonchev–Trinajstić information content (AvgIpc) is 0.923. The van der Waals surface area contributed by atoms with Crippen LogP contribution in [0.15, 0.2) is 170 Å². The van der Waals surface area contributed by atoms with Gasteiger partial charge in [0.05, 0.1) is 26.4 Å². The predicted octanol–water partition coefficient (Wildman–Crippen LogP) is 22.2. The molecule has 102 heavy (non-hydrogen) atoms. The molecule has 0 saturated heterocycles. The Morgan fingerprint density at radius 3 is 0.843 bits per heavy atom. The van der Waals surface area contributed by atoms with Crippen molar-refractivity contribution in [2.45, 2.75) is 290 Å². The van der Waals surface area contributed by atoms with E-state index in [0.29, 0.717) is 32.1 Å². The maximum atomic E-state index is 13.1. The van der Waals surface area contributed by atoms with Gasteiger partial charge in [-0.05, 0) is 154 Å². The number of phosphoric ester groups is 2. The van der Waals surface area contributed by atoms with Gasteiger partial charge in [-0.2, -0.15) is 0 Å². The van der Waals surface area contributed by atoms with E-state index in [-0.39, 0.29) is 25.7 Å². The lowest BCUT2D eigenvalue weighted by Crippen LogP contribution is -2.30. The maximum Gasteiger partial charge on any atom is 0.472 e. The van der Waals surface area contributed by atoms with Gasteiger partial charge in [0, 0.05) is 25.7 Å². The third-order valence-corrected chi connectivity index (χ3v) is 17.0. The molecule has 0 radical (unpaired) electrons. The number of allylic oxidation sites excluding steroid dienone is 28. The maximum absolute atomic E-state index is 13.1. The quantitative estimate of drug-likeness (QED) is 0.0169. The van der Waals surface area contributed by atoms with Gasteiger partial charge in [-0.1, -0.05) is 262 Å². The molecule has 0 fully saturated rings. The van der Waals surface area contributed by atoms with Crippen molar-refractivity contribution in [2.75, 3.05) is 39.6 Å². The SMILES string of the molecule is CC/C=C\C/C=C\C/C=C\C/C=C\C/C=C\C/C=C\CCC(=O)OCC(COP(=O)(O)OCC(O)COP(=O)(O)OCC(COC(=O)CCCCCCC/C=C\C/C=C\CCC)OC(=O)CCCCCCC/C=C\C/C=C\CCC)OC(=O)CCCCCC/C=C\C/C=C\C/C=C\C/C=C\CC. The average molecular weight is 1470 g/mol. The largest absolute Gasteiger partial charge is 0.472 e. The first kappa shape index (κ1) is 96.4. The molecular formula is C83H134O17P2. The number of rotatable bonds is 70. The van der Waals surface area contributed by atoms with Crippen molar-refractivity contribution in [3.63, 3.8) is 0 Å². The first-order chi connectivity index (χ1) is 49.7. The summed E-state index contributed by atoms with van der Waals surface area (Å²) in [5.74, 6) is -2.35. The van der Waals surface area contributed by atoms with Gasteiger partial charge in [0.15, 0.2) is 12.2 Å². The zero-order valence-corrected chi connectivity index (χ0v) is 64.8. The molecule has 17 nitrogen and oxygen atoms in total. The molecule has 0 rings (SSSR count). The van der Waals surface area contributed by atoms with Crippen LogP contribution in [0.4, 0.5) is 0 Å². The Labute approximate surface area is 616 Å². The highest BCUT2D eigenvalue weighted by molar-refractivity contribution is 7.47. The second-order valence-electron chi connectivity index (χ2n) is 24.8. The first-order valence-corrected chi connectivity index (χ1v) is 41.4. The summed E-state index contributed by atoms with van der Waals surface area (Å²) in [6.07, 6.45) is 86.4. The molecule has 0 aliphatic rings. The minimum atomic E-state index is -5.01. The summed E-state index contributed by atoms with van der Waals surface area (Å²) in [6.45, 7) is 4.34. The molecule has 19 heteroatoms. The summed E-state index contributed by atoms with van der Waals surface area (Å²) >= 11 is 0. The van der Waals surface area contributed by atoms with Crippen LogP contribution in [0, 0.1) is 0 Å². The molecule has 0 saturated carbocycles. The van der Waals surface area contributed by atoms with Gasteiger partial charge in [-0.3, -0.25) is 37.3 Å². The molecule has 0 heterocycles. The van der Waals surface area contributed by atoms with Gasteiger partial charge in [-0.25, -0.2) is 9.13 Å². The van der Waals surface area contributed by atoms with E-state index >= 15 is 0 Å². The topological polar surface area (TPSA) is 237 Å². The van der Waals surface area contributed by atoms with E-state index in [9.17, 15) is 43.2 Å². The number of ether oxygens (including phenoxy) is 4. The number of carbonyl (C=O) groups is 4. The summed E-state index contributed by atoms with van der Waals surface area (Å²) in [5.41, 5.74) is 0. The van der Waals surface area contributed by atoms with Crippen LogP contribution in [-0.2, 0) is 65.4 Å². The van der Waals surface area contributed by atoms with Crippen LogP contribution in [0.1, 0.15) is 272 Å². The first-order valence-electron chi connectivity index (χ1n) is 38.4. The number of hydrogen-bond acceptors (Lipinski definition) is 15. The number of carbonyl (C=O) groups excluding carboxylic acids is 4. The molecule has 0 aromatic heterocycles. The minimum absolute atomic E-state index is 0.0237. The van der Waals surface area contributed by atoms with Gasteiger partial charge >= 0.3 is 39.5 Å². The number of hydrogen-bond donors (Lipinski definition) is 3. The zero-order valence-electron chi connectivity index (χ0n) is 63.0. The highest BCUT2D eigenvalue weighted by Crippen LogP contribution is 2.45. The highest BCUT2D eigenvalue weighted by Gasteiger charge is 2.30. The number of aliphatic hydroxyl groups is 1. The Kier molecular flexibility index (Phi) is 69.7. The molecule has 0 bridgehead atoms. The van der Waals surface area contributed by atoms with Gasteiger partial charge in [-0.15, -0.1) is 0 Å². The second-order valence-corrected chi connectivity index (χ2v) is 27.7. The molecule has 0 aliphatic heterocycles. The lowest BCUT2D eigenvalue weighted by molar-refractivity contribution is -0.161. The molecule has 578 valence electrons. The monoisotopic (exact) mass is 1460 g/mol. The van der Waals surface area contributed by atoms with Crippen molar-refractivity contribution in [1.29, 1.82) is 0 Å². The fourth-order valence-corrected chi connectivity index (χ4v) is 10.9. The van der Waals surface area contributed by atoms with E-state index in [4.69, 9.17) is 37.0 Å². The molecule has 0 aliphatic carbocycles. The number of esters is 4. The van der Waals surface area contributed by atoms with Crippen LogP contribution in [0.3, 0.4) is 0 Å². The predicted molar refractivity (Wildman–Crippen MR) is 417 cm³/mol. The summed E-state index contributed by atoms with van der Waals surface area (Å²) in [5, 5.41) is 10.6. The van der Waals surface area contributed by atoms with E-state index < -0.39 is 97.5 Å². The van der Waals surface area contributed by atoms with Crippen LogP contribution < -0.4 is 0 Å². The summed E-state index contributed by atoms with van der Waals surface area (Å²) in [7, 11) is -10.0. The molecule has 0 aromatic rings. The molecule has 5 atom stereocenters. The summed E-state index contributed by atoms with van der Waals surface area (Å²) in [6, 6.07) is 0. The molecule has 0 aromatic carbocycles. The number of phosphoric acid groups is 2. The van der Waals surface area contributed by atoms with Crippen molar-refractivity contribution >= 4 is 39.5 Å².